The zero-order valence-electron chi connectivity index (χ0n) is 19.3. The van der Waals surface area contributed by atoms with E-state index in [-0.39, 0.29) is 24.3 Å². The van der Waals surface area contributed by atoms with Crippen molar-refractivity contribution < 1.29 is 28.5 Å². The minimum Gasteiger partial charge on any atom is -0.382 e. The van der Waals surface area contributed by atoms with Crippen LogP contribution in [-0.2, 0) is 23.7 Å². The lowest BCUT2D eigenvalue weighted by atomic mass is 9.97. The van der Waals surface area contributed by atoms with Crippen LogP contribution in [0.3, 0.4) is 0 Å². The van der Waals surface area contributed by atoms with Crippen LogP contribution in [0.15, 0.2) is 5.38 Å². The Labute approximate surface area is 194 Å². The number of methoxy groups -OCH3 is 1. The summed E-state index contributed by atoms with van der Waals surface area (Å²) in [5.74, 6) is 0.143. The molecule has 182 valence electrons. The monoisotopic (exact) mass is 471 g/mol. The minimum atomic E-state index is -0.140. The van der Waals surface area contributed by atoms with Crippen LogP contribution in [0.4, 0.5) is 0 Å². The van der Waals surface area contributed by atoms with Crippen molar-refractivity contribution in [1.29, 1.82) is 0 Å². The quantitative estimate of drug-likeness (QED) is 0.369. The third-order valence-corrected chi connectivity index (χ3v) is 6.09. The maximum atomic E-state index is 12.3. The highest BCUT2D eigenvalue weighted by Crippen LogP contribution is 2.30. The lowest BCUT2D eigenvalue weighted by Gasteiger charge is -2.31. The Morgan fingerprint density at radius 3 is 2.56 bits per heavy atom. The molecule has 2 amide bonds. The molecule has 9 nitrogen and oxygen atoms in total. The number of rotatable bonds is 16. The molecule has 0 radical (unpaired) electrons. The Hall–Kier alpha value is -1.59. The van der Waals surface area contributed by atoms with E-state index in [4.69, 9.17) is 18.9 Å². The molecular formula is C22H37N3O6S. The van der Waals surface area contributed by atoms with Crippen molar-refractivity contribution in [2.24, 2.45) is 0 Å². The molecular weight excluding hydrogens is 434 g/mol. The number of nitrogens with zero attached hydrogens (tertiary/aromatic N) is 2. The number of nitrogens with one attached hydrogen (secondary N) is 1. The summed E-state index contributed by atoms with van der Waals surface area (Å²) in [6.45, 7) is 7.40. The van der Waals surface area contributed by atoms with E-state index < -0.39 is 0 Å². The third kappa shape index (κ3) is 9.91. The number of likely N-dealkylation sites (tertiary alicyclic amines) is 1. The summed E-state index contributed by atoms with van der Waals surface area (Å²) in [5.41, 5.74) is 0.471. The summed E-state index contributed by atoms with van der Waals surface area (Å²) in [7, 11) is 1.62. The number of ether oxygens (including phenoxy) is 4. The molecule has 1 saturated heterocycles. The molecule has 1 aliphatic heterocycles. The van der Waals surface area contributed by atoms with Crippen LogP contribution < -0.4 is 5.32 Å². The topological polar surface area (TPSA) is 99.2 Å². The minimum absolute atomic E-state index is 0.00228. The molecule has 0 bridgehead atoms. The maximum Gasteiger partial charge on any atom is 0.270 e. The van der Waals surface area contributed by atoms with Gasteiger partial charge in [0, 0.05) is 51.3 Å². The van der Waals surface area contributed by atoms with Gasteiger partial charge in [-0.15, -0.1) is 11.3 Å². The smallest absolute Gasteiger partial charge is 0.270 e. The summed E-state index contributed by atoms with van der Waals surface area (Å²) in [6, 6.07) is 0. The van der Waals surface area contributed by atoms with Crippen LogP contribution in [0.25, 0.3) is 0 Å². The molecule has 1 aromatic heterocycles. The number of amides is 2. The predicted molar refractivity (Wildman–Crippen MR) is 122 cm³/mol. The number of aromatic nitrogens is 1. The first-order valence-electron chi connectivity index (χ1n) is 11.4. The second-order valence-corrected chi connectivity index (χ2v) is 8.50. The summed E-state index contributed by atoms with van der Waals surface area (Å²) < 4.78 is 21.0. The van der Waals surface area contributed by atoms with E-state index in [1.165, 1.54) is 11.3 Å². The standard InChI is InChI=1S/C22H37N3O6S/c1-3-10-29-11-4-7-23-21(27)19-17-32-22(24-19)18-5-8-25(9-6-18)20(26)16-31-15-14-30-13-12-28-2/h17-18H,3-16H2,1-2H3,(H,23,27). The number of carbonyl (C=O) groups is 2. The van der Waals surface area contributed by atoms with Crippen molar-refractivity contribution in [3.05, 3.63) is 16.1 Å². The highest BCUT2D eigenvalue weighted by Gasteiger charge is 2.26. The number of thiazole rings is 1. The van der Waals surface area contributed by atoms with Gasteiger partial charge in [0.1, 0.15) is 12.3 Å². The second kappa shape index (κ2) is 16.1. The summed E-state index contributed by atoms with van der Waals surface area (Å²) in [4.78, 5) is 31.0. The van der Waals surface area contributed by atoms with Crippen molar-refractivity contribution >= 4 is 23.2 Å². The Morgan fingerprint density at radius 2 is 1.81 bits per heavy atom. The Bertz CT molecular complexity index is 664. The summed E-state index contributed by atoms with van der Waals surface area (Å²) >= 11 is 1.52. The number of hydrogen-bond acceptors (Lipinski definition) is 8. The number of hydrogen-bond donors (Lipinski definition) is 1. The molecule has 0 spiro atoms. The SMILES string of the molecule is CCCOCCCNC(=O)c1csc(C2CCN(C(=O)COCCOCCOC)CC2)n1. The van der Waals surface area contributed by atoms with E-state index in [1.807, 2.05) is 10.3 Å². The third-order valence-electron chi connectivity index (χ3n) is 5.08. The van der Waals surface area contributed by atoms with Crippen LogP contribution in [0, 0.1) is 0 Å². The fourth-order valence-corrected chi connectivity index (χ4v) is 4.25. The molecule has 1 aliphatic rings. The molecule has 2 heterocycles. The Balaban J connectivity index is 1.62. The van der Waals surface area contributed by atoms with Gasteiger partial charge in [-0.3, -0.25) is 9.59 Å². The van der Waals surface area contributed by atoms with Gasteiger partial charge in [-0.25, -0.2) is 4.98 Å². The fraction of sp³-hybridized carbons (Fsp3) is 0.773. The van der Waals surface area contributed by atoms with Crippen LogP contribution in [0.5, 0.6) is 0 Å². The normalized spacial score (nSPS) is 14.6. The van der Waals surface area contributed by atoms with E-state index in [2.05, 4.69) is 17.2 Å². The molecule has 1 fully saturated rings. The van der Waals surface area contributed by atoms with Gasteiger partial charge < -0.3 is 29.2 Å². The molecule has 0 aliphatic carbocycles. The van der Waals surface area contributed by atoms with Gasteiger partial charge in [-0.1, -0.05) is 6.92 Å². The van der Waals surface area contributed by atoms with Crippen molar-refractivity contribution in [3.63, 3.8) is 0 Å². The average Bonchev–Trinajstić information content (AvgIpc) is 3.31. The van der Waals surface area contributed by atoms with Crippen molar-refractivity contribution in [2.75, 3.05) is 73.0 Å². The van der Waals surface area contributed by atoms with Crippen molar-refractivity contribution in [3.8, 4) is 0 Å². The first-order chi connectivity index (χ1) is 15.7. The van der Waals surface area contributed by atoms with Gasteiger partial charge in [0.15, 0.2) is 0 Å². The fourth-order valence-electron chi connectivity index (χ4n) is 3.28. The Morgan fingerprint density at radius 1 is 1.09 bits per heavy atom. The molecule has 10 heteroatoms. The molecule has 0 aromatic carbocycles. The van der Waals surface area contributed by atoms with Gasteiger partial charge in [0.25, 0.3) is 5.91 Å². The summed E-state index contributed by atoms with van der Waals surface area (Å²) in [6.07, 6.45) is 3.48. The molecule has 0 atom stereocenters. The van der Waals surface area contributed by atoms with Gasteiger partial charge in [0.2, 0.25) is 5.91 Å². The molecule has 0 unspecified atom stereocenters. The van der Waals surface area contributed by atoms with Gasteiger partial charge in [-0.05, 0) is 25.7 Å². The Kier molecular flexibility index (Phi) is 13.4. The maximum absolute atomic E-state index is 12.3. The molecule has 0 saturated carbocycles. The predicted octanol–water partition coefficient (Wildman–Crippen LogP) is 2.08. The first-order valence-corrected chi connectivity index (χ1v) is 12.3. The van der Waals surface area contributed by atoms with Crippen molar-refractivity contribution in [2.45, 2.75) is 38.5 Å². The molecule has 1 N–H and O–H groups in total. The van der Waals surface area contributed by atoms with E-state index >= 15 is 0 Å². The highest BCUT2D eigenvalue weighted by molar-refractivity contribution is 7.09. The van der Waals surface area contributed by atoms with Crippen LogP contribution in [0.1, 0.15) is 54.0 Å². The van der Waals surface area contributed by atoms with E-state index in [0.29, 0.717) is 58.4 Å². The van der Waals surface area contributed by atoms with E-state index in [1.54, 1.807) is 7.11 Å². The largest absolute Gasteiger partial charge is 0.382 e. The zero-order valence-corrected chi connectivity index (χ0v) is 20.1. The number of carbonyl (C=O) groups excluding carboxylic acids is 2. The average molecular weight is 472 g/mol. The lowest BCUT2D eigenvalue weighted by molar-refractivity contribution is -0.137. The van der Waals surface area contributed by atoms with Gasteiger partial charge in [-0.2, -0.15) is 0 Å². The van der Waals surface area contributed by atoms with Crippen LogP contribution >= 0.6 is 11.3 Å². The van der Waals surface area contributed by atoms with Crippen LogP contribution in [0.2, 0.25) is 0 Å². The molecule has 1 aromatic rings. The molecule has 32 heavy (non-hydrogen) atoms. The first kappa shape index (κ1) is 26.7. The van der Waals surface area contributed by atoms with Crippen LogP contribution in [-0.4, -0.2) is 94.7 Å². The highest BCUT2D eigenvalue weighted by atomic mass is 32.1. The lowest BCUT2D eigenvalue weighted by Crippen LogP contribution is -2.40. The number of piperidine rings is 1. The van der Waals surface area contributed by atoms with E-state index in [0.717, 1.165) is 37.3 Å². The van der Waals surface area contributed by atoms with Crippen molar-refractivity contribution in [1.82, 2.24) is 15.2 Å². The van der Waals surface area contributed by atoms with E-state index in [9.17, 15) is 9.59 Å². The summed E-state index contributed by atoms with van der Waals surface area (Å²) in [5, 5.41) is 5.68. The zero-order chi connectivity index (χ0) is 23.0. The van der Waals surface area contributed by atoms with Gasteiger partial charge in [0.05, 0.1) is 31.4 Å². The second-order valence-electron chi connectivity index (χ2n) is 7.61. The van der Waals surface area contributed by atoms with Gasteiger partial charge >= 0.3 is 0 Å². The molecule has 2 rings (SSSR count).